The number of benzene rings is 1. The van der Waals surface area contributed by atoms with E-state index in [2.05, 4.69) is 49.1 Å². The lowest BCUT2D eigenvalue weighted by Crippen LogP contribution is -2.41. The molecule has 0 bridgehead atoms. The molecule has 0 saturated carbocycles. The minimum absolute atomic E-state index is 0.0226. The zero-order valence-corrected chi connectivity index (χ0v) is 23.6. The number of amides is 1. The number of aliphatic hydroxyl groups excluding tert-OH is 2. The molecular weight excluding hydrogens is 462 g/mol. The number of carbonyl (C=O) groups excluding carboxylic acids is 1. The molecule has 1 amide bonds. The Bertz CT molecular complexity index is 891. The van der Waals surface area contributed by atoms with Gasteiger partial charge in [0.2, 0.25) is 0 Å². The largest absolute Gasteiger partial charge is 0.445 e. The van der Waals surface area contributed by atoms with Crippen molar-refractivity contribution in [2.45, 2.75) is 79.1 Å². The van der Waals surface area contributed by atoms with Crippen molar-refractivity contribution in [3.63, 3.8) is 0 Å². The Morgan fingerprint density at radius 3 is 2.24 bits per heavy atom. The minimum Gasteiger partial charge on any atom is -0.445 e. The molecule has 0 aliphatic carbocycles. The highest BCUT2D eigenvalue weighted by molar-refractivity contribution is 5.64. The molecule has 1 rings (SSSR count). The van der Waals surface area contributed by atoms with Gasteiger partial charge in [-0.2, -0.15) is 0 Å². The molecule has 0 aliphatic heterocycles. The number of primary amides is 1. The summed E-state index contributed by atoms with van der Waals surface area (Å²) < 4.78 is 5.37. The molecule has 0 aliphatic rings. The number of aryl methyl sites for hydroxylation is 1. The summed E-state index contributed by atoms with van der Waals surface area (Å²) in [4.78, 5) is 11.5. The molecule has 0 spiro atoms. The van der Waals surface area contributed by atoms with E-state index in [1.54, 1.807) is 12.2 Å². The van der Waals surface area contributed by atoms with Gasteiger partial charge in [-0.05, 0) is 37.7 Å². The van der Waals surface area contributed by atoms with Crippen LogP contribution in [0, 0.1) is 29.6 Å². The van der Waals surface area contributed by atoms with Gasteiger partial charge in [-0.25, -0.2) is 4.79 Å². The molecule has 5 nitrogen and oxygen atoms in total. The topological polar surface area (TPSA) is 92.8 Å². The summed E-state index contributed by atoms with van der Waals surface area (Å²) in [6, 6.07) is 10.4. The molecule has 5 heteroatoms. The van der Waals surface area contributed by atoms with E-state index >= 15 is 0 Å². The maximum atomic E-state index is 11.5. The lowest BCUT2D eigenvalue weighted by Gasteiger charge is -2.33. The van der Waals surface area contributed by atoms with Crippen LogP contribution in [-0.4, -0.2) is 34.6 Å². The monoisotopic (exact) mass is 511 g/mol. The average molecular weight is 512 g/mol. The van der Waals surface area contributed by atoms with Gasteiger partial charge in [0.1, 0.15) is 6.10 Å². The Labute approximate surface area is 224 Å². The second-order valence-corrected chi connectivity index (χ2v) is 10.6. The van der Waals surface area contributed by atoms with Crippen LogP contribution < -0.4 is 5.73 Å². The van der Waals surface area contributed by atoms with Gasteiger partial charge in [0, 0.05) is 23.7 Å². The SMILES string of the molecule is C=C/C=C\[C@H](C)[C@H](OC(N)=O)[C@@H](C)[C@H](O)[C@@H](C)C/C(C)=C\[C@H](C)[C@@H](O)[C@@H](C)/C=C\CCc1ccccc1. The number of ether oxygens (including phenoxy) is 1. The molecule has 0 saturated heterocycles. The maximum Gasteiger partial charge on any atom is 0.404 e. The summed E-state index contributed by atoms with van der Waals surface area (Å²) in [5.74, 6) is -0.499. The van der Waals surface area contributed by atoms with Crippen molar-refractivity contribution < 1.29 is 19.7 Å². The van der Waals surface area contributed by atoms with Crippen molar-refractivity contribution in [3.05, 3.63) is 84.5 Å². The lowest BCUT2D eigenvalue weighted by atomic mass is 9.81. The summed E-state index contributed by atoms with van der Waals surface area (Å²) >= 11 is 0. The standard InChI is InChI=1S/C32H49NO4/c1-8-9-15-24(4)31(37-32(33)36)27(7)30(35)26(6)21-22(2)20-25(5)29(34)23(3)16-13-14-19-28-17-11-10-12-18-28/h8-13,15-18,20,23-27,29-31,34-35H,1,14,19,21H2,2-7H3,(H2,33,36)/b15-9-,16-13-,22-20-/t23-,24-,25-,26-,27-,29-,30+,31-/m0/s1. The first kappa shape index (κ1) is 32.4. The van der Waals surface area contributed by atoms with Crippen LogP contribution in [0.15, 0.2) is 78.9 Å². The number of aliphatic hydroxyl groups is 2. The summed E-state index contributed by atoms with van der Waals surface area (Å²) in [6.07, 6.45) is 11.7. The predicted molar refractivity (Wildman–Crippen MR) is 154 cm³/mol. The second-order valence-electron chi connectivity index (χ2n) is 10.6. The Morgan fingerprint density at radius 1 is 1.00 bits per heavy atom. The van der Waals surface area contributed by atoms with Crippen LogP contribution in [0.5, 0.6) is 0 Å². The molecule has 206 valence electrons. The first-order chi connectivity index (χ1) is 17.5. The quantitative estimate of drug-likeness (QED) is 0.172. The number of allylic oxidation sites excluding steroid dienone is 4. The van der Waals surface area contributed by atoms with Gasteiger partial charge < -0.3 is 20.7 Å². The van der Waals surface area contributed by atoms with Crippen molar-refractivity contribution in [1.82, 2.24) is 0 Å². The third-order valence-corrected chi connectivity index (χ3v) is 7.11. The van der Waals surface area contributed by atoms with Crippen molar-refractivity contribution in [3.8, 4) is 0 Å². The van der Waals surface area contributed by atoms with E-state index in [-0.39, 0.29) is 29.6 Å². The third-order valence-electron chi connectivity index (χ3n) is 7.11. The number of hydrogen-bond acceptors (Lipinski definition) is 4. The summed E-state index contributed by atoms with van der Waals surface area (Å²) in [5.41, 5.74) is 7.72. The third kappa shape index (κ3) is 12.0. The Kier molecular flexibility index (Phi) is 14.9. The molecule has 0 aromatic heterocycles. The summed E-state index contributed by atoms with van der Waals surface area (Å²) in [6.45, 7) is 15.6. The number of hydrogen-bond donors (Lipinski definition) is 3. The molecule has 0 heterocycles. The Balaban J connectivity index is 2.69. The van der Waals surface area contributed by atoms with Crippen molar-refractivity contribution >= 4 is 6.09 Å². The van der Waals surface area contributed by atoms with E-state index in [1.165, 1.54) is 5.56 Å². The normalized spacial score (nSPS) is 19.1. The fraction of sp³-hybridized carbons (Fsp3) is 0.531. The van der Waals surface area contributed by atoms with E-state index in [1.807, 2.05) is 53.7 Å². The highest BCUT2D eigenvalue weighted by Crippen LogP contribution is 2.29. The van der Waals surface area contributed by atoms with Crippen LogP contribution in [0.25, 0.3) is 0 Å². The van der Waals surface area contributed by atoms with Crippen LogP contribution in [0.3, 0.4) is 0 Å². The maximum absolute atomic E-state index is 11.5. The Hall–Kier alpha value is -2.63. The number of rotatable bonds is 16. The van der Waals surface area contributed by atoms with Gasteiger partial charge in [-0.15, -0.1) is 0 Å². The predicted octanol–water partition coefficient (Wildman–Crippen LogP) is 6.62. The molecule has 1 aromatic carbocycles. The van der Waals surface area contributed by atoms with E-state index in [9.17, 15) is 15.0 Å². The molecule has 4 N–H and O–H groups in total. The molecule has 0 radical (unpaired) electrons. The van der Waals surface area contributed by atoms with Gasteiger partial charge in [-0.3, -0.25) is 0 Å². The van der Waals surface area contributed by atoms with Crippen molar-refractivity contribution in [2.75, 3.05) is 0 Å². The van der Waals surface area contributed by atoms with E-state index < -0.39 is 24.4 Å². The average Bonchev–Trinajstić information content (AvgIpc) is 2.87. The van der Waals surface area contributed by atoms with Crippen LogP contribution in [0.1, 0.15) is 59.9 Å². The smallest absolute Gasteiger partial charge is 0.404 e. The highest BCUT2D eigenvalue weighted by atomic mass is 16.6. The van der Waals surface area contributed by atoms with Gasteiger partial charge in [-0.1, -0.05) is 114 Å². The first-order valence-corrected chi connectivity index (χ1v) is 13.5. The van der Waals surface area contributed by atoms with Crippen molar-refractivity contribution in [2.24, 2.45) is 35.3 Å². The molecule has 1 aromatic rings. The minimum atomic E-state index is -0.849. The Morgan fingerprint density at radius 2 is 1.65 bits per heavy atom. The number of carbonyl (C=O) groups is 1. The van der Waals surface area contributed by atoms with Crippen LogP contribution >= 0.6 is 0 Å². The first-order valence-electron chi connectivity index (χ1n) is 13.5. The fourth-order valence-corrected chi connectivity index (χ4v) is 4.95. The van der Waals surface area contributed by atoms with Crippen molar-refractivity contribution in [1.29, 1.82) is 0 Å². The highest BCUT2D eigenvalue weighted by Gasteiger charge is 2.33. The van der Waals surface area contributed by atoms with E-state index in [0.717, 1.165) is 18.4 Å². The van der Waals surface area contributed by atoms with Gasteiger partial charge >= 0.3 is 6.09 Å². The zero-order chi connectivity index (χ0) is 28.0. The fourth-order valence-electron chi connectivity index (χ4n) is 4.95. The van der Waals surface area contributed by atoms with Crippen LogP contribution in [0.4, 0.5) is 4.79 Å². The second kappa shape index (κ2) is 17.0. The molecule has 37 heavy (non-hydrogen) atoms. The van der Waals surface area contributed by atoms with Crippen LogP contribution in [-0.2, 0) is 11.2 Å². The van der Waals surface area contributed by atoms with Gasteiger partial charge in [0.05, 0.1) is 12.2 Å². The van der Waals surface area contributed by atoms with Crippen LogP contribution in [0.2, 0.25) is 0 Å². The van der Waals surface area contributed by atoms with E-state index in [4.69, 9.17) is 10.5 Å². The molecule has 8 atom stereocenters. The molecule has 0 fully saturated rings. The number of nitrogens with two attached hydrogens (primary N) is 1. The summed E-state index contributed by atoms with van der Waals surface area (Å²) in [7, 11) is 0. The lowest BCUT2D eigenvalue weighted by molar-refractivity contribution is -0.0266. The van der Waals surface area contributed by atoms with E-state index in [0.29, 0.717) is 6.42 Å². The molecular formula is C32H49NO4. The zero-order valence-electron chi connectivity index (χ0n) is 23.6. The summed E-state index contributed by atoms with van der Waals surface area (Å²) in [5, 5.41) is 21.9. The van der Waals surface area contributed by atoms with Gasteiger partial charge in [0.25, 0.3) is 0 Å². The molecule has 0 unspecified atom stereocenters. The van der Waals surface area contributed by atoms with Gasteiger partial charge in [0.15, 0.2) is 0 Å².